The Hall–Kier alpha value is -4.02. The topological polar surface area (TPSA) is 134 Å². The number of nitrogens with one attached hydrogen (secondary N) is 2. The Labute approximate surface area is 269 Å². The summed E-state index contributed by atoms with van der Waals surface area (Å²) in [5.41, 5.74) is 14.2. The molecule has 2 aromatic carbocycles. The molecule has 0 saturated carbocycles. The molecule has 2 saturated heterocycles. The van der Waals surface area contributed by atoms with Gasteiger partial charge in [-0.3, -0.25) is 0 Å². The van der Waals surface area contributed by atoms with Gasteiger partial charge in [-0.05, 0) is 73.9 Å². The molecular formula is C32H40Cl2N10. The molecule has 4 heterocycles. The van der Waals surface area contributed by atoms with Crippen LogP contribution in [0.3, 0.4) is 0 Å². The highest BCUT2D eigenvalue weighted by Gasteiger charge is 2.27. The lowest BCUT2D eigenvalue weighted by molar-refractivity contribution is 0.658. The Bertz CT molecular complexity index is 1530. The van der Waals surface area contributed by atoms with Crippen molar-refractivity contribution in [3.63, 3.8) is 0 Å². The average Bonchev–Trinajstić information content (AvgIpc) is 3.68. The molecule has 0 radical (unpaired) electrons. The highest BCUT2D eigenvalue weighted by molar-refractivity contribution is 6.30. The largest absolute Gasteiger partial charge is 0.373 e. The van der Waals surface area contributed by atoms with E-state index in [9.17, 15) is 0 Å². The van der Waals surface area contributed by atoms with Crippen molar-refractivity contribution in [2.45, 2.75) is 50.6 Å². The molecule has 6 N–H and O–H groups in total. The summed E-state index contributed by atoms with van der Waals surface area (Å²) in [5, 5.41) is 7.61. The normalized spacial score (nSPS) is 17.7. The number of hydrogen-bond donors (Lipinski definition) is 4. The summed E-state index contributed by atoms with van der Waals surface area (Å²) in [7, 11) is 3.67. The van der Waals surface area contributed by atoms with Gasteiger partial charge in [0.15, 0.2) is 0 Å². The molecule has 2 unspecified atom stereocenters. The summed E-state index contributed by atoms with van der Waals surface area (Å²) in [4.78, 5) is 21.8. The molecule has 2 aromatic heterocycles. The first-order valence-corrected chi connectivity index (χ1v) is 15.7. The van der Waals surface area contributed by atoms with Crippen LogP contribution in [0, 0.1) is 0 Å². The number of anilines is 6. The predicted octanol–water partition coefficient (Wildman–Crippen LogP) is 5.93. The lowest BCUT2D eigenvalue weighted by atomic mass is 10.0. The second-order valence-corrected chi connectivity index (χ2v) is 12.0. The van der Waals surface area contributed by atoms with E-state index in [0.717, 1.165) is 84.9 Å². The van der Waals surface area contributed by atoms with Crippen molar-refractivity contribution in [1.82, 2.24) is 19.9 Å². The Morgan fingerprint density at radius 2 is 1.20 bits per heavy atom. The van der Waals surface area contributed by atoms with Crippen LogP contribution in [0.15, 0.2) is 60.7 Å². The fourth-order valence-corrected chi connectivity index (χ4v) is 6.32. The van der Waals surface area contributed by atoms with Gasteiger partial charge < -0.3 is 31.9 Å². The quantitative estimate of drug-likeness (QED) is 0.185. The van der Waals surface area contributed by atoms with E-state index >= 15 is 0 Å². The molecule has 2 atom stereocenters. The highest BCUT2D eigenvalue weighted by Crippen LogP contribution is 2.30. The maximum atomic E-state index is 6.09. The zero-order chi connectivity index (χ0) is 31.1. The van der Waals surface area contributed by atoms with Gasteiger partial charge >= 0.3 is 0 Å². The molecule has 4 aromatic rings. The Kier molecular flexibility index (Phi) is 10.4. The fourth-order valence-electron chi connectivity index (χ4n) is 5.98. The van der Waals surface area contributed by atoms with Crippen LogP contribution in [0.25, 0.3) is 0 Å². The number of benzene rings is 2. The van der Waals surface area contributed by atoms with E-state index in [-0.39, 0.29) is 0 Å². The van der Waals surface area contributed by atoms with Gasteiger partial charge in [-0.15, -0.1) is 0 Å². The lowest BCUT2D eigenvalue weighted by Gasteiger charge is -2.26. The number of rotatable bonds is 8. The van der Waals surface area contributed by atoms with Gasteiger partial charge in [0.1, 0.15) is 23.3 Å². The SMILES string of the molecule is CNc1cc(N2CCCC2Cc2ccc(Cl)cc2)nc(N)n1.CNc1cc(N2CCCC2Cc2cccc(Cl)c2)nc(N)n1. The molecule has 12 heteroatoms. The number of aromatic nitrogens is 4. The molecule has 6 rings (SSSR count). The van der Waals surface area contributed by atoms with Crippen molar-refractivity contribution in [3.8, 4) is 0 Å². The van der Waals surface area contributed by atoms with E-state index in [0.29, 0.717) is 24.0 Å². The minimum Gasteiger partial charge on any atom is -0.373 e. The van der Waals surface area contributed by atoms with Gasteiger partial charge in [0.05, 0.1) is 0 Å². The van der Waals surface area contributed by atoms with Crippen LogP contribution >= 0.6 is 23.2 Å². The Morgan fingerprint density at radius 1 is 0.682 bits per heavy atom. The van der Waals surface area contributed by atoms with Crippen LogP contribution in [0.4, 0.5) is 35.2 Å². The van der Waals surface area contributed by atoms with Crippen LogP contribution < -0.4 is 31.9 Å². The predicted molar refractivity (Wildman–Crippen MR) is 183 cm³/mol. The second kappa shape index (κ2) is 14.6. The Balaban J connectivity index is 0.000000175. The van der Waals surface area contributed by atoms with E-state index < -0.39 is 0 Å². The van der Waals surface area contributed by atoms with Crippen LogP contribution in [0.1, 0.15) is 36.8 Å². The third-order valence-electron chi connectivity index (χ3n) is 8.06. The standard InChI is InChI=1S/2C16H20ClN5/c1-19-14-10-15(21-16(18)20-14)22-7-3-6-13(22)9-11-4-2-5-12(17)8-11;1-19-14-10-15(21-16(18)20-14)22-8-2-3-13(22)9-11-4-6-12(17)7-5-11/h2,4-5,8,10,13H,3,6-7,9H2,1H3,(H3,18,19,20,21);4-7,10,13H,2-3,8-9H2,1H3,(H3,18,19,20,21). The van der Waals surface area contributed by atoms with Crippen LogP contribution in [0.2, 0.25) is 10.0 Å². The van der Waals surface area contributed by atoms with Crippen molar-refractivity contribution in [3.05, 3.63) is 81.8 Å². The van der Waals surface area contributed by atoms with Crippen molar-refractivity contribution in [2.75, 3.05) is 59.1 Å². The van der Waals surface area contributed by atoms with Crippen LogP contribution in [-0.2, 0) is 12.8 Å². The summed E-state index contributed by atoms with van der Waals surface area (Å²) in [6.45, 7) is 1.99. The minimum atomic E-state index is 0.301. The van der Waals surface area contributed by atoms with Crippen molar-refractivity contribution < 1.29 is 0 Å². The molecule has 2 aliphatic rings. The van der Waals surface area contributed by atoms with Gasteiger partial charge in [-0.2, -0.15) is 19.9 Å². The first-order chi connectivity index (χ1) is 21.3. The molecule has 0 aliphatic carbocycles. The molecule has 44 heavy (non-hydrogen) atoms. The third-order valence-corrected chi connectivity index (χ3v) is 8.55. The Morgan fingerprint density at radius 3 is 1.70 bits per heavy atom. The lowest BCUT2D eigenvalue weighted by Crippen LogP contribution is -2.32. The van der Waals surface area contributed by atoms with E-state index in [1.807, 2.05) is 56.6 Å². The highest BCUT2D eigenvalue weighted by atomic mass is 35.5. The van der Waals surface area contributed by atoms with E-state index in [1.54, 1.807) is 0 Å². The summed E-state index contributed by atoms with van der Waals surface area (Å²) in [5.74, 6) is 3.89. The molecule has 0 amide bonds. The van der Waals surface area contributed by atoms with E-state index in [2.05, 4.69) is 58.6 Å². The van der Waals surface area contributed by atoms with Gasteiger partial charge in [-0.1, -0.05) is 47.5 Å². The maximum Gasteiger partial charge on any atom is 0.223 e. The average molecular weight is 636 g/mol. The van der Waals surface area contributed by atoms with Crippen molar-refractivity contribution >= 4 is 58.4 Å². The molecular weight excluding hydrogens is 595 g/mol. The van der Waals surface area contributed by atoms with Crippen LogP contribution in [0.5, 0.6) is 0 Å². The van der Waals surface area contributed by atoms with Crippen molar-refractivity contribution in [2.24, 2.45) is 0 Å². The molecule has 0 bridgehead atoms. The van der Waals surface area contributed by atoms with E-state index in [1.165, 1.54) is 11.1 Å². The van der Waals surface area contributed by atoms with Gasteiger partial charge in [-0.25, -0.2) is 0 Å². The smallest absolute Gasteiger partial charge is 0.223 e. The number of hydrogen-bond acceptors (Lipinski definition) is 10. The number of nitrogen functional groups attached to an aromatic ring is 2. The molecule has 2 aliphatic heterocycles. The van der Waals surface area contributed by atoms with Crippen LogP contribution in [-0.4, -0.2) is 59.2 Å². The maximum absolute atomic E-state index is 6.09. The summed E-state index contributed by atoms with van der Waals surface area (Å²) >= 11 is 12.0. The monoisotopic (exact) mass is 634 g/mol. The third kappa shape index (κ3) is 8.12. The van der Waals surface area contributed by atoms with Gasteiger partial charge in [0.25, 0.3) is 0 Å². The zero-order valence-electron chi connectivity index (χ0n) is 25.2. The zero-order valence-corrected chi connectivity index (χ0v) is 26.7. The van der Waals surface area contributed by atoms with Gasteiger partial charge in [0.2, 0.25) is 11.9 Å². The second-order valence-electron chi connectivity index (χ2n) is 11.1. The molecule has 10 nitrogen and oxygen atoms in total. The number of nitrogens with zero attached hydrogens (tertiary/aromatic N) is 6. The fraction of sp³-hybridized carbons (Fsp3) is 0.375. The first-order valence-electron chi connectivity index (χ1n) is 15.0. The van der Waals surface area contributed by atoms with Crippen molar-refractivity contribution in [1.29, 1.82) is 0 Å². The molecule has 0 spiro atoms. The molecule has 232 valence electrons. The number of halogens is 2. The van der Waals surface area contributed by atoms with Gasteiger partial charge in [0, 0.05) is 61.4 Å². The summed E-state index contributed by atoms with van der Waals surface area (Å²) in [6, 6.07) is 20.9. The molecule has 2 fully saturated rings. The van der Waals surface area contributed by atoms with E-state index in [4.69, 9.17) is 34.7 Å². The number of nitrogens with two attached hydrogens (primary N) is 2. The first kappa shape index (κ1) is 31.4. The summed E-state index contributed by atoms with van der Waals surface area (Å²) < 4.78 is 0. The summed E-state index contributed by atoms with van der Waals surface area (Å²) in [6.07, 6.45) is 6.56. The minimum absolute atomic E-state index is 0.301.